The molecular weight excluding hydrogens is 452 g/mol. The molecule has 34 heavy (non-hydrogen) atoms. The maximum absolute atomic E-state index is 13.5. The topological polar surface area (TPSA) is 92.8 Å². The van der Waals surface area contributed by atoms with Gasteiger partial charge in [0.2, 0.25) is 5.91 Å². The van der Waals surface area contributed by atoms with Gasteiger partial charge in [0.1, 0.15) is 6.54 Å². The minimum atomic E-state index is -3.99. The molecule has 8 heteroatoms. The number of hydrogen-bond donors (Lipinski definition) is 1. The first kappa shape index (κ1) is 25.0. The molecule has 0 bridgehead atoms. The van der Waals surface area contributed by atoms with Crippen LogP contribution >= 0.6 is 0 Å². The molecule has 0 heterocycles. The second-order valence-corrected chi connectivity index (χ2v) is 9.82. The van der Waals surface area contributed by atoms with Gasteiger partial charge in [-0.05, 0) is 75.7 Å². The summed E-state index contributed by atoms with van der Waals surface area (Å²) in [4.78, 5) is 25.0. The third-order valence-corrected chi connectivity index (χ3v) is 7.02. The number of anilines is 2. The van der Waals surface area contributed by atoms with Crippen LogP contribution in [0.1, 0.15) is 34.0 Å². The quantitative estimate of drug-likeness (QED) is 0.475. The average Bonchev–Trinajstić information content (AvgIpc) is 2.80. The molecule has 1 N–H and O–H groups in total. The van der Waals surface area contributed by atoms with E-state index >= 15 is 0 Å². The van der Waals surface area contributed by atoms with Crippen molar-refractivity contribution in [1.29, 1.82) is 0 Å². The van der Waals surface area contributed by atoms with E-state index in [1.54, 1.807) is 68.4 Å². The zero-order valence-electron chi connectivity index (χ0n) is 19.7. The average molecular weight is 481 g/mol. The van der Waals surface area contributed by atoms with E-state index in [-0.39, 0.29) is 11.5 Å². The van der Waals surface area contributed by atoms with Gasteiger partial charge in [0.25, 0.3) is 10.0 Å². The van der Waals surface area contributed by atoms with Gasteiger partial charge in [-0.25, -0.2) is 13.2 Å². The van der Waals surface area contributed by atoms with Gasteiger partial charge in [0.15, 0.2) is 0 Å². The number of amides is 1. The van der Waals surface area contributed by atoms with Crippen LogP contribution in [0.2, 0.25) is 0 Å². The van der Waals surface area contributed by atoms with Crippen LogP contribution < -0.4 is 9.62 Å². The Bertz CT molecular complexity index is 1280. The van der Waals surface area contributed by atoms with E-state index < -0.39 is 28.4 Å². The highest BCUT2D eigenvalue weighted by Crippen LogP contribution is 2.25. The number of carbonyl (C=O) groups is 2. The highest BCUT2D eigenvalue weighted by molar-refractivity contribution is 7.92. The van der Waals surface area contributed by atoms with E-state index in [9.17, 15) is 18.0 Å². The molecule has 178 valence electrons. The highest BCUT2D eigenvalue weighted by Gasteiger charge is 2.27. The Morgan fingerprint density at radius 2 is 1.47 bits per heavy atom. The lowest BCUT2D eigenvalue weighted by Gasteiger charge is -2.24. The van der Waals surface area contributed by atoms with Gasteiger partial charge in [-0.3, -0.25) is 9.10 Å². The largest absolute Gasteiger partial charge is 0.462 e. The van der Waals surface area contributed by atoms with Gasteiger partial charge < -0.3 is 10.1 Å². The number of nitrogens with zero attached hydrogens (tertiary/aromatic N) is 1. The predicted octanol–water partition coefficient (Wildman–Crippen LogP) is 4.62. The molecule has 0 saturated heterocycles. The van der Waals surface area contributed by atoms with Crippen molar-refractivity contribution in [1.82, 2.24) is 0 Å². The third-order valence-electron chi connectivity index (χ3n) is 5.23. The van der Waals surface area contributed by atoms with Gasteiger partial charge in [-0.15, -0.1) is 0 Å². The fourth-order valence-corrected chi connectivity index (χ4v) is 4.75. The molecule has 3 rings (SSSR count). The molecule has 0 spiro atoms. The monoisotopic (exact) mass is 480 g/mol. The van der Waals surface area contributed by atoms with E-state index in [2.05, 4.69) is 5.32 Å². The molecule has 0 atom stereocenters. The van der Waals surface area contributed by atoms with Gasteiger partial charge in [0.05, 0.1) is 22.8 Å². The molecule has 0 aliphatic carbocycles. The summed E-state index contributed by atoms with van der Waals surface area (Å²) < 4.78 is 33.0. The maximum atomic E-state index is 13.5. The molecule has 0 unspecified atom stereocenters. The van der Waals surface area contributed by atoms with Crippen molar-refractivity contribution < 1.29 is 22.7 Å². The summed E-state index contributed by atoms with van der Waals surface area (Å²) >= 11 is 0. The number of nitrogens with one attached hydrogen (secondary N) is 1. The lowest BCUT2D eigenvalue weighted by molar-refractivity contribution is -0.114. The number of ether oxygens (including phenoxy) is 1. The smallest absolute Gasteiger partial charge is 0.338 e. The van der Waals surface area contributed by atoms with Gasteiger partial charge >= 0.3 is 5.97 Å². The molecule has 1 amide bonds. The first-order valence-electron chi connectivity index (χ1n) is 10.9. The lowest BCUT2D eigenvalue weighted by Crippen LogP contribution is -2.38. The van der Waals surface area contributed by atoms with Crippen LogP contribution in [0.5, 0.6) is 0 Å². The standard InChI is InChI=1S/C26H28N2O5S/c1-5-33-26(30)21-10-15-24(20(4)16-21)27-25(29)17-28(22-11-6-18(2)7-12-22)34(31,32)23-13-8-19(3)9-14-23/h6-16H,5,17H2,1-4H3,(H,27,29). The van der Waals surface area contributed by atoms with E-state index in [1.165, 1.54) is 12.1 Å². The SMILES string of the molecule is CCOC(=O)c1ccc(NC(=O)CN(c2ccc(C)cc2)S(=O)(=O)c2ccc(C)cc2)c(C)c1. The maximum Gasteiger partial charge on any atom is 0.338 e. The van der Waals surface area contributed by atoms with Crippen LogP contribution in [0, 0.1) is 20.8 Å². The number of benzene rings is 3. The third kappa shape index (κ3) is 5.82. The van der Waals surface area contributed by atoms with Crippen molar-refractivity contribution in [2.75, 3.05) is 22.8 Å². The van der Waals surface area contributed by atoms with Gasteiger partial charge in [-0.2, -0.15) is 0 Å². The number of sulfonamides is 1. The summed E-state index contributed by atoms with van der Waals surface area (Å²) in [6.45, 7) is 7.09. The number of hydrogen-bond acceptors (Lipinski definition) is 5. The van der Waals surface area contributed by atoms with Gasteiger partial charge in [-0.1, -0.05) is 35.4 Å². The molecule has 0 saturated carbocycles. The van der Waals surface area contributed by atoms with Crippen molar-refractivity contribution in [3.05, 3.63) is 89.0 Å². The lowest BCUT2D eigenvalue weighted by atomic mass is 10.1. The first-order valence-corrected chi connectivity index (χ1v) is 12.3. The molecule has 0 aliphatic heterocycles. The normalized spacial score (nSPS) is 11.1. The summed E-state index contributed by atoms with van der Waals surface area (Å²) in [6.07, 6.45) is 0. The summed E-state index contributed by atoms with van der Waals surface area (Å²) in [7, 11) is -3.99. The Labute approximate surface area is 200 Å². The summed E-state index contributed by atoms with van der Waals surface area (Å²) in [6, 6.07) is 18.2. The van der Waals surface area contributed by atoms with Crippen molar-refractivity contribution in [3.8, 4) is 0 Å². The number of esters is 1. The molecule has 3 aromatic rings. The molecule has 0 aromatic heterocycles. The Kier molecular flexibility index (Phi) is 7.73. The van der Waals surface area contributed by atoms with Crippen LogP contribution in [-0.4, -0.2) is 33.4 Å². The predicted molar refractivity (Wildman–Crippen MR) is 133 cm³/mol. The molecule has 0 radical (unpaired) electrons. The molecule has 0 fully saturated rings. The zero-order chi connectivity index (χ0) is 24.9. The van der Waals surface area contributed by atoms with E-state index in [1.807, 2.05) is 13.8 Å². The van der Waals surface area contributed by atoms with E-state index in [0.29, 0.717) is 22.5 Å². The second-order valence-electron chi connectivity index (χ2n) is 7.96. The number of carbonyl (C=O) groups excluding carboxylic acids is 2. The summed E-state index contributed by atoms with van der Waals surface area (Å²) in [5.74, 6) is -0.957. The molecular formula is C26H28N2O5S. The Morgan fingerprint density at radius 1 is 0.882 bits per heavy atom. The van der Waals surface area contributed by atoms with Crippen LogP contribution in [0.15, 0.2) is 71.6 Å². The van der Waals surface area contributed by atoms with Crippen molar-refractivity contribution in [2.24, 2.45) is 0 Å². The highest BCUT2D eigenvalue weighted by atomic mass is 32.2. The fraction of sp³-hybridized carbons (Fsp3) is 0.231. The van der Waals surface area contributed by atoms with Crippen LogP contribution in [-0.2, 0) is 19.6 Å². The van der Waals surface area contributed by atoms with Crippen LogP contribution in [0.25, 0.3) is 0 Å². The Balaban J connectivity index is 1.88. The first-order chi connectivity index (χ1) is 16.1. The molecule has 7 nitrogen and oxygen atoms in total. The van der Waals surface area contributed by atoms with Crippen LogP contribution in [0.4, 0.5) is 11.4 Å². The number of aryl methyl sites for hydroxylation is 3. The minimum Gasteiger partial charge on any atom is -0.462 e. The van der Waals surface area contributed by atoms with Gasteiger partial charge in [0, 0.05) is 5.69 Å². The van der Waals surface area contributed by atoms with Crippen molar-refractivity contribution in [2.45, 2.75) is 32.6 Å². The fourth-order valence-electron chi connectivity index (χ4n) is 3.33. The Hall–Kier alpha value is -3.65. The minimum absolute atomic E-state index is 0.0986. The Morgan fingerprint density at radius 3 is 2.03 bits per heavy atom. The van der Waals surface area contributed by atoms with Crippen molar-refractivity contribution in [3.63, 3.8) is 0 Å². The molecule has 3 aromatic carbocycles. The van der Waals surface area contributed by atoms with Crippen LogP contribution in [0.3, 0.4) is 0 Å². The zero-order valence-corrected chi connectivity index (χ0v) is 20.5. The molecule has 0 aliphatic rings. The van der Waals surface area contributed by atoms with E-state index in [4.69, 9.17) is 4.74 Å². The van der Waals surface area contributed by atoms with Crippen molar-refractivity contribution >= 4 is 33.3 Å². The summed E-state index contributed by atoms with van der Waals surface area (Å²) in [5, 5.41) is 2.76. The second kappa shape index (κ2) is 10.5. The summed E-state index contributed by atoms with van der Waals surface area (Å²) in [5.41, 5.74) is 3.80. The number of rotatable bonds is 8. The van der Waals surface area contributed by atoms with E-state index in [0.717, 1.165) is 15.4 Å².